The van der Waals surface area contributed by atoms with E-state index in [0.717, 1.165) is 12.5 Å². The van der Waals surface area contributed by atoms with E-state index in [-0.39, 0.29) is 0 Å². The van der Waals surface area contributed by atoms with Crippen LogP contribution < -0.4 is 5.32 Å². The van der Waals surface area contributed by atoms with Gasteiger partial charge in [-0.15, -0.1) is 11.3 Å². The van der Waals surface area contributed by atoms with Crippen LogP contribution in [0.3, 0.4) is 0 Å². The average molecular weight is 212 g/mol. The predicted octanol–water partition coefficient (Wildman–Crippen LogP) is 3.06. The number of rotatable bonds is 6. The summed E-state index contributed by atoms with van der Waals surface area (Å²) < 4.78 is 0. The van der Waals surface area contributed by atoms with Gasteiger partial charge in [0.15, 0.2) is 0 Å². The first-order chi connectivity index (χ1) is 6.72. The lowest BCUT2D eigenvalue weighted by atomic mass is 10.0. The van der Waals surface area contributed by atoms with Crippen LogP contribution in [0, 0.1) is 5.92 Å². The van der Waals surface area contributed by atoms with Gasteiger partial charge in [-0.3, -0.25) is 4.98 Å². The zero-order valence-corrected chi connectivity index (χ0v) is 10.1. The number of nitrogens with zero attached hydrogens (tertiary/aromatic N) is 1. The van der Waals surface area contributed by atoms with E-state index in [1.807, 2.05) is 11.7 Å². The Hall–Kier alpha value is -0.410. The molecule has 0 aromatic carbocycles. The summed E-state index contributed by atoms with van der Waals surface area (Å²) in [6.07, 6.45) is 4.47. The van der Waals surface area contributed by atoms with E-state index in [2.05, 4.69) is 31.1 Å². The normalized spacial score (nSPS) is 15.4. The first-order valence-electron chi connectivity index (χ1n) is 5.33. The van der Waals surface area contributed by atoms with Gasteiger partial charge < -0.3 is 5.32 Å². The van der Waals surface area contributed by atoms with Crippen molar-refractivity contribution in [1.29, 1.82) is 0 Å². The zero-order chi connectivity index (χ0) is 10.4. The van der Waals surface area contributed by atoms with Crippen molar-refractivity contribution >= 4 is 11.3 Å². The maximum Gasteiger partial charge on any atom is 0.0794 e. The maximum absolute atomic E-state index is 4.06. The third kappa shape index (κ3) is 4.20. The summed E-state index contributed by atoms with van der Waals surface area (Å²) in [7, 11) is 0. The van der Waals surface area contributed by atoms with Gasteiger partial charge in [0.05, 0.1) is 5.51 Å². The topological polar surface area (TPSA) is 24.9 Å². The molecule has 1 heterocycles. The Morgan fingerprint density at radius 3 is 2.86 bits per heavy atom. The van der Waals surface area contributed by atoms with E-state index in [4.69, 9.17) is 0 Å². The van der Waals surface area contributed by atoms with E-state index in [0.29, 0.717) is 6.04 Å². The fourth-order valence-corrected chi connectivity index (χ4v) is 2.00. The highest BCUT2D eigenvalue weighted by atomic mass is 32.1. The van der Waals surface area contributed by atoms with Crippen LogP contribution in [0.15, 0.2) is 11.7 Å². The number of thiazole rings is 1. The van der Waals surface area contributed by atoms with Gasteiger partial charge in [0.25, 0.3) is 0 Å². The largest absolute Gasteiger partial charge is 0.309 e. The van der Waals surface area contributed by atoms with Crippen molar-refractivity contribution in [3.05, 3.63) is 16.6 Å². The molecule has 14 heavy (non-hydrogen) atoms. The maximum atomic E-state index is 4.06. The number of aromatic nitrogens is 1. The van der Waals surface area contributed by atoms with Crippen LogP contribution in [0.5, 0.6) is 0 Å². The molecule has 0 aliphatic heterocycles. The quantitative estimate of drug-likeness (QED) is 0.784. The smallest absolute Gasteiger partial charge is 0.0794 e. The van der Waals surface area contributed by atoms with E-state index in [1.165, 1.54) is 17.7 Å². The van der Waals surface area contributed by atoms with Gasteiger partial charge in [-0.25, -0.2) is 0 Å². The lowest BCUT2D eigenvalue weighted by molar-refractivity contribution is 0.413. The van der Waals surface area contributed by atoms with Crippen LogP contribution in [0.4, 0.5) is 0 Å². The fourth-order valence-electron chi connectivity index (χ4n) is 1.46. The second-order valence-corrected chi connectivity index (χ2v) is 4.97. The van der Waals surface area contributed by atoms with Crippen LogP contribution >= 0.6 is 11.3 Å². The Labute approximate surface area is 90.8 Å². The van der Waals surface area contributed by atoms with E-state index >= 15 is 0 Å². The Morgan fingerprint density at radius 1 is 1.50 bits per heavy atom. The molecule has 80 valence electrons. The van der Waals surface area contributed by atoms with Crippen LogP contribution in [0.1, 0.15) is 38.5 Å². The molecular formula is C11H20N2S. The van der Waals surface area contributed by atoms with Gasteiger partial charge in [0.2, 0.25) is 0 Å². The molecule has 0 saturated heterocycles. The minimum absolute atomic E-state index is 0.604. The van der Waals surface area contributed by atoms with Gasteiger partial charge in [0, 0.05) is 23.7 Å². The zero-order valence-electron chi connectivity index (χ0n) is 9.29. The summed E-state index contributed by atoms with van der Waals surface area (Å²) in [5.74, 6) is 0.818. The van der Waals surface area contributed by atoms with E-state index in [9.17, 15) is 0 Å². The molecule has 3 heteroatoms. The van der Waals surface area contributed by atoms with E-state index < -0.39 is 0 Å². The standard InChI is InChI=1S/C11H20N2S/c1-4-9(2)5-10(3)13-7-11-6-12-8-14-11/h6,8-10,13H,4-5,7H2,1-3H3. The molecule has 0 amide bonds. The van der Waals surface area contributed by atoms with Crippen LogP contribution in [0.2, 0.25) is 0 Å². The number of nitrogens with one attached hydrogen (secondary N) is 1. The summed E-state index contributed by atoms with van der Waals surface area (Å²) in [4.78, 5) is 5.38. The molecule has 0 bridgehead atoms. The van der Waals surface area contributed by atoms with Crippen molar-refractivity contribution in [3.8, 4) is 0 Å². The molecular weight excluding hydrogens is 192 g/mol. The lowest BCUT2D eigenvalue weighted by Gasteiger charge is -2.16. The summed E-state index contributed by atoms with van der Waals surface area (Å²) in [5.41, 5.74) is 1.89. The third-order valence-corrected chi connectivity index (χ3v) is 3.34. The first kappa shape index (κ1) is 11.7. The Morgan fingerprint density at radius 2 is 2.29 bits per heavy atom. The molecule has 0 aliphatic rings. The molecule has 0 fully saturated rings. The first-order valence-corrected chi connectivity index (χ1v) is 6.21. The molecule has 2 unspecified atom stereocenters. The van der Waals surface area contributed by atoms with Gasteiger partial charge in [0.1, 0.15) is 0 Å². The van der Waals surface area contributed by atoms with Crippen LogP contribution in [0.25, 0.3) is 0 Å². The van der Waals surface area contributed by atoms with Crippen molar-refractivity contribution < 1.29 is 0 Å². The summed E-state index contributed by atoms with van der Waals surface area (Å²) in [6, 6.07) is 0.604. The van der Waals surface area contributed by atoms with Crippen molar-refractivity contribution in [3.63, 3.8) is 0 Å². The summed E-state index contributed by atoms with van der Waals surface area (Å²) in [5, 5.41) is 3.52. The van der Waals surface area contributed by atoms with Crippen molar-refractivity contribution in [2.45, 2.75) is 46.2 Å². The summed E-state index contributed by atoms with van der Waals surface area (Å²) >= 11 is 1.72. The van der Waals surface area contributed by atoms with Crippen LogP contribution in [-0.4, -0.2) is 11.0 Å². The number of hydrogen-bond acceptors (Lipinski definition) is 3. The van der Waals surface area contributed by atoms with Crippen molar-refractivity contribution in [2.24, 2.45) is 5.92 Å². The highest BCUT2D eigenvalue weighted by Gasteiger charge is 2.06. The molecule has 0 saturated carbocycles. The minimum Gasteiger partial charge on any atom is -0.309 e. The molecule has 2 nitrogen and oxygen atoms in total. The van der Waals surface area contributed by atoms with Crippen molar-refractivity contribution in [2.75, 3.05) is 0 Å². The second kappa shape index (κ2) is 6.14. The molecule has 1 rings (SSSR count). The second-order valence-electron chi connectivity index (χ2n) is 4.00. The monoisotopic (exact) mass is 212 g/mol. The predicted molar refractivity (Wildman–Crippen MR) is 62.5 cm³/mol. The SMILES string of the molecule is CCC(C)CC(C)NCc1cncs1. The highest BCUT2D eigenvalue weighted by molar-refractivity contribution is 7.09. The van der Waals surface area contributed by atoms with Gasteiger partial charge in [-0.1, -0.05) is 20.3 Å². The summed E-state index contributed by atoms with van der Waals surface area (Å²) in [6.45, 7) is 7.78. The van der Waals surface area contributed by atoms with Crippen LogP contribution in [-0.2, 0) is 6.54 Å². The lowest BCUT2D eigenvalue weighted by Crippen LogP contribution is -2.26. The Balaban J connectivity index is 2.18. The third-order valence-electron chi connectivity index (χ3n) is 2.56. The molecule has 0 radical (unpaired) electrons. The van der Waals surface area contributed by atoms with Crippen molar-refractivity contribution in [1.82, 2.24) is 10.3 Å². The molecule has 0 aliphatic carbocycles. The minimum atomic E-state index is 0.604. The molecule has 0 spiro atoms. The van der Waals surface area contributed by atoms with Gasteiger partial charge in [-0.2, -0.15) is 0 Å². The average Bonchev–Trinajstić information content (AvgIpc) is 2.67. The van der Waals surface area contributed by atoms with Gasteiger partial charge >= 0.3 is 0 Å². The van der Waals surface area contributed by atoms with E-state index in [1.54, 1.807) is 11.3 Å². The number of hydrogen-bond donors (Lipinski definition) is 1. The Kier molecular flexibility index (Phi) is 5.12. The molecule has 1 aromatic rings. The Bertz CT molecular complexity index is 233. The molecule has 2 atom stereocenters. The highest BCUT2D eigenvalue weighted by Crippen LogP contribution is 2.11. The molecule has 1 aromatic heterocycles. The van der Waals surface area contributed by atoms with Gasteiger partial charge in [-0.05, 0) is 19.3 Å². The molecule has 1 N–H and O–H groups in total. The fraction of sp³-hybridized carbons (Fsp3) is 0.727.